The molecule has 0 heterocycles. The van der Waals surface area contributed by atoms with Gasteiger partial charge in [0.05, 0.1) is 12.4 Å². The van der Waals surface area contributed by atoms with Gasteiger partial charge in [-0.25, -0.2) is 0 Å². The summed E-state index contributed by atoms with van der Waals surface area (Å²) in [6.07, 6.45) is 19.5. The van der Waals surface area contributed by atoms with Gasteiger partial charge in [0.25, 0.3) is 0 Å². The van der Waals surface area contributed by atoms with Crippen molar-refractivity contribution in [2.75, 3.05) is 0 Å². The fraction of sp³-hybridized carbons (Fsp3) is 0.917. The molecule has 5 heteroatoms. The molecule has 1 atom stereocenters. The minimum Gasteiger partial charge on any atom is -0.550 e. The van der Waals surface area contributed by atoms with Crippen molar-refractivity contribution in [1.29, 1.82) is 0 Å². The first kappa shape index (κ1) is 30.7. The molecule has 0 spiro atoms. The molecule has 0 saturated heterocycles. The van der Waals surface area contributed by atoms with E-state index in [2.05, 4.69) is 13.8 Å². The van der Waals surface area contributed by atoms with Crippen LogP contribution in [0, 0.1) is 0 Å². The number of unbranched alkanes of at least 4 members (excludes halogenated alkanes) is 13. The Morgan fingerprint density at radius 3 is 1.38 bits per heavy atom. The fourth-order valence-corrected chi connectivity index (χ4v) is 3.74. The summed E-state index contributed by atoms with van der Waals surface area (Å²) in [5, 5.41) is 10.7. The molecule has 0 saturated carbocycles. The van der Waals surface area contributed by atoms with Crippen molar-refractivity contribution < 1.29 is 38.3 Å². The average Bonchev–Trinajstić information content (AvgIpc) is 2.62. The summed E-state index contributed by atoms with van der Waals surface area (Å²) in [6.45, 7) is 6.40. The normalized spacial score (nSPS) is 12.8. The first-order valence-electron chi connectivity index (χ1n) is 11.8. The summed E-state index contributed by atoms with van der Waals surface area (Å²) in [7, 11) is 0. The number of carboxylic acids is 1. The van der Waals surface area contributed by atoms with Crippen LogP contribution in [0.5, 0.6) is 0 Å². The second kappa shape index (κ2) is 20.8. The summed E-state index contributed by atoms with van der Waals surface area (Å²) in [5.41, 5.74) is -0.543. The third-order valence-corrected chi connectivity index (χ3v) is 5.52. The molecular formula is C24H45LiO4. The SMILES string of the molecule is CCCCCCCCCCCCC(C)(CCCCCCC)OC(=O)CC(=O)[O-].[Li+]. The summed E-state index contributed by atoms with van der Waals surface area (Å²) in [4.78, 5) is 22.5. The number of ether oxygens (including phenoxy) is 1. The van der Waals surface area contributed by atoms with Crippen LogP contribution in [-0.2, 0) is 14.3 Å². The number of rotatable bonds is 20. The van der Waals surface area contributed by atoms with Crippen LogP contribution < -0.4 is 24.0 Å². The second-order valence-electron chi connectivity index (χ2n) is 8.57. The van der Waals surface area contributed by atoms with E-state index in [0.717, 1.165) is 38.5 Å². The molecule has 0 radical (unpaired) electrons. The first-order valence-corrected chi connectivity index (χ1v) is 11.8. The molecule has 0 aromatic carbocycles. The third kappa shape index (κ3) is 20.6. The van der Waals surface area contributed by atoms with Gasteiger partial charge in [0.2, 0.25) is 0 Å². The van der Waals surface area contributed by atoms with E-state index in [-0.39, 0.29) is 18.9 Å². The molecule has 166 valence electrons. The van der Waals surface area contributed by atoms with Crippen molar-refractivity contribution in [1.82, 2.24) is 0 Å². The van der Waals surface area contributed by atoms with E-state index < -0.39 is 24.0 Å². The van der Waals surface area contributed by atoms with E-state index in [1.807, 2.05) is 6.92 Å². The quantitative estimate of drug-likeness (QED) is 0.135. The number of esters is 1. The third-order valence-electron chi connectivity index (χ3n) is 5.52. The first-order chi connectivity index (χ1) is 13.4. The zero-order chi connectivity index (χ0) is 21.1. The fourth-order valence-electron chi connectivity index (χ4n) is 3.74. The average molecular weight is 405 g/mol. The smallest absolute Gasteiger partial charge is 0.550 e. The largest absolute Gasteiger partial charge is 1.00 e. The second-order valence-corrected chi connectivity index (χ2v) is 8.57. The number of carbonyl (C=O) groups excluding carboxylic acids is 2. The maximum atomic E-state index is 11.8. The molecule has 0 fully saturated rings. The van der Waals surface area contributed by atoms with Gasteiger partial charge < -0.3 is 14.6 Å². The van der Waals surface area contributed by atoms with Crippen LogP contribution in [0.2, 0.25) is 0 Å². The van der Waals surface area contributed by atoms with Crippen LogP contribution in [0.15, 0.2) is 0 Å². The zero-order valence-corrected chi connectivity index (χ0v) is 19.9. The van der Waals surface area contributed by atoms with E-state index in [4.69, 9.17) is 4.74 Å². The molecule has 0 rings (SSSR count). The van der Waals surface area contributed by atoms with E-state index >= 15 is 0 Å². The monoisotopic (exact) mass is 404 g/mol. The van der Waals surface area contributed by atoms with Crippen LogP contribution in [0.4, 0.5) is 0 Å². The van der Waals surface area contributed by atoms with Crippen molar-refractivity contribution in [3.05, 3.63) is 0 Å². The number of carboxylic acid groups (broad SMARTS) is 1. The summed E-state index contributed by atoms with van der Waals surface area (Å²) < 4.78 is 5.58. The summed E-state index contributed by atoms with van der Waals surface area (Å²) in [6, 6.07) is 0. The van der Waals surface area contributed by atoms with E-state index in [1.165, 1.54) is 70.6 Å². The van der Waals surface area contributed by atoms with Gasteiger partial charge in [-0.3, -0.25) is 4.79 Å². The van der Waals surface area contributed by atoms with E-state index in [9.17, 15) is 14.7 Å². The van der Waals surface area contributed by atoms with Gasteiger partial charge in [-0.05, 0) is 32.6 Å². The Morgan fingerprint density at radius 1 is 0.690 bits per heavy atom. The molecule has 1 unspecified atom stereocenters. The molecule has 29 heavy (non-hydrogen) atoms. The number of hydrogen-bond donors (Lipinski definition) is 0. The molecule has 0 N–H and O–H groups in total. The summed E-state index contributed by atoms with van der Waals surface area (Å²) >= 11 is 0. The minimum atomic E-state index is -1.37. The molecule has 0 aliphatic heterocycles. The molecule has 0 aliphatic carbocycles. The molecule has 4 nitrogen and oxygen atoms in total. The van der Waals surface area contributed by atoms with Crippen LogP contribution in [0.25, 0.3) is 0 Å². The van der Waals surface area contributed by atoms with Gasteiger partial charge in [-0.1, -0.05) is 97.3 Å². The maximum Gasteiger partial charge on any atom is 1.00 e. The van der Waals surface area contributed by atoms with Crippen LogP contribution in [0.3, 0.4) is 0 Å². The Morgan fingerprint density at radius 2 is 1.03 bits per heavy atom. The standard InChI is InChI=1S/C24H46O4.Li/c1-4-6-8-10-11-12-13-14-16-18-20-24(3,19-17-15-9-7-5-2)28-23(27)21-22(25)26;/h4-21H2,1-3H3,(H,25,26);/q;+1/p-1. The van der Waals surface area contributed by atoms with Crippen molar-refractivity contribution in [2.24, 2.45) is 0 Å². The predicted molar refractivity (Wildman–Crippen MR) is 114 cm³/mol. The number of carbonyl (C=O) groups is 2. The Balaban J connectivity index is 0. The molecule has 0 aromatic heterocycles. The van der Waals surface area contributed by atoms with E-state index in [1.54, 1.807) is 0 Å². The molecule has 0 amide bonds. The van der Waals surface area contributed by atoms with Gasteiger partial charge in [-0.2, -0.15) is 0 Å². The van der Waals surface area contributed by atoms with Gasteiger partial charge in [0.1, 0.15) is 5.60 Å². The van der Waals surface area contributed by atoms with Crippen LogP contribution in [0.1, 0.15) is 136 Å². The topological polar surface area (TPSA) is 66.4 Å². The van der Waals surface area contributed by atoms with Crippen LogP contribution >= 0.6 is 0 Å². The van der Waals surface area contributed by atoms with Gasteiger partial charge >= 0.3 is 24.8 Å². The Kier molecular flexibility index (Phi) is 22.0. The van der Waals surface area contributed by atoms with Crippen molar-refractivity contribution in [2.45, 2.75) is 142 Å². The zero-order valence-electron chi connectivity index (χ0n) is 19.9. The predicted octanol–water partition coefficient (Wildman–Crippen LogP) is 3.10. The Labute approximate surface area is 192 Å². The van der Waals surface area contributed by atoms with Crippen molar-refractivity contribution in [3.63, 3.8) is 0 Å². The summed E-state index contributed by atoms with van der Waals surface area (Å²) in [5.74, 6) is -2.03. The van der Waals surface area contributed by atoms with E-state index in [0.29, 0.717) is 0 Å². The number of hydrogen-bond acceptors (Lipinski definition) is 4. The maximum absolute atomic E-state index is 11.8. The van der Waals surface area contributed by atoms with Crippen molar-refractivity contribution in [3.8, 4) is 0 Å². The van der Waals surface area contributed by atoms with Crippen LogP contribution in [-0.4, -0.2) is 17.5 Å². The Bertz CT molecular complexity index is 400. The van der Waals surface area contributed by atoms with Gasteiger partial charge in [0, 0.05) is 0 Å². The molecule has 0 aromatic rings. The molecular weight excluding hydrogens is 359 g/mol. The van der Waals surface area contributed by atoms with Crippen molar-refractivity contribution >= 4 is 11.9 Å². The Hall–Kier alpha value is -0.463. The minimum absolute atomic E-state index is 0. The molecule has 0 aliphatic rings. The van der Waals surface area contributed by atoms with Gasteiger partial charge in [-0.15, -0.1) is 0 Å². The molecule has 0 bridgehead atoms. The number of aliphatic carboxylic acids is 1. The van der Waals surface area contributed by atoms with Gasteiger partial charge in [0.15, 0.2) is 0 Å².